The number of aromatic nitrogens is 2. The molecule has 144 valence electrons. The number of benzene rings is 1. The summed E-state index contributed by atoms with van der Waals surface area (Å²) in [5, 5.41) is 9.16. The van der Waals surface area contributed by atoms with Crippen LogP contribution in [0.5, 0.6) is 0 Å². The first-order valence-corrected chi connectivity index (χ1v) is 10.5. The summed E-state index contributed by atoms with van der Waals surface area (Å²) in [6.07, 6.45) is 13.0. The summed E-state index contributed by atoms with van der Waals surface area (Å²) >= 11 is 0. The molecule has 1 saturated heterocycles. The molecule has 0 spiro atoms. The maximum absolute atomic E-state index is 9.16. The lowest BCUT2D eigenvalue weighted by molar-refractivity contribution is 0.282. The average Bonchev–Trinajstić information content (AvgIpc) is 3.16. The molecule has 4 rings (SSSR count). The number of aliphatic hydroxyl groups is 1. The molecule has 0 radical (unpaired) electrons. The molecule has 1 aromatic carbocycles. The Bertz CT molecular complexity index is 707. The summed E-state index contributed by atoms with van der Waals surface area (Å²) in [4.78, 5) is 11.9. The van der Waals surface area contributed by atoms with Gasteiger partial charge in [-0.25, -0.2) is 9.97 Å². The Balaban J connectivity index is 1.27. The fourth-order valence-electron chi connectivity index (χ4n) is 4.61. The summed E-state index contributed by atoms with van der Waals surface area (Å²) in [6, 6.07) is 8.39. The Morgan fingerprint density at radius 1 is 0.889 bits per heavy atom. The van der Waals surface area contributed by atoms with Crippen LogP contribution in [0.15, 0.2) is 36.7 Å². The minimum absolute atomic E-state index is 0.124. The van der Waals surface area contributed by atoms with E-state index in [4.69, 9.17) is 5.11 Å². The van der Waals surface area contributed by atoms with Gasteiger partial charge in [-0.2, -0.15) is 0 Å². The zero-order valence-corrected chi connectivity index (χ0v) is 16.2. The predicted octanol–water partition coefficient (Wildman–Crippen LogP) is 4.08. The number of hydrogen-bond acceptors (Lipinski definition) is 4. The molecule has 2 aliphatic rings. The van der Waals surface area contributed by atoms with E-state index in [9.17, 15) is 0 Å². The van der Waals surface area contributed by atoms with E-state index in [0.717, 1.165) is 37.4 Å². The topological polar surface area (TPSA) is 49.2 Å². The van der Waals surface area contributed by atoms with Crippen LogP contribution in [0.3, 0.4) is 0 Å². The summed E-state index contributed by atoms with van der Waals surface area (Å²) in [5.41, 5.74) is 3.60. The third kappa shape index (κ3) is 4.94. The molecular weight excluding hydrogens is 334 g/mol. The molecule has 1 N–H and O–H groups in total. The largest absolute Gasteiger partial charge is 0.392 e. The minimum atomic E-state index is 0.124. The van der Waals surface area contributed by atoms with Crippen molar-refractivity contribution < 1.29 is 5.11 Å². The normalized spacial score (nSPS) is 21.6. The summed E-state index contributed by atoms with van der Waals surface area (Å²) in [6.45, 7) is 3.39. The third-order valence-electron chi connectivity index (χ3n) is 6.20. The van der Waals surface area contributed by atoms with Gasteiger partial charge in [0.15, 0.2) is 0 Å². The van der Waals surface area contributed by atoms with E-state index >= 15 is 0 Å². The van der Waals surface area contributed by atoms with Crippen LogP contribution in [0, 0.1) is 5.92 Å². The highest BCUT2D eigenvalue weighted by Gasteiger charge is 2.23. The number of rotatable bonds is 6. The highest BCUT2D eigenvalue weighted by Crippen LogP contribution is 2.30. The van der Waals surface area contributed by atoms with Gasteiger partial charge in [0, 0.05) is 37.0 Å². The molecule has 1 unspecified atom stereocenters. The van der Waals surface area contributed by atoms with Crippen LogP contribution in [0.2, 0.25) is 0 Å². The van der Waals surface area contributed by atoms with Gasteiger partial charge in [-0.05, 0) is 49.3 Å². The van der Waals surface area contributed by atoms with Crippen molar-refractivity contribution >= 4 is 0 Å². The second kappa shape index (κ2) is 8.94. The van der Waals surface area contributed by atoms with Gasteiger partial charge in [-0.1, -0.05) is 43.5 Å². The third-order valence-corrected chi connectivity index (χ3v) is 6.20. The van der Waals surface area contributed by atoms with Gasteiger partial charge < -0.3 is 5.11 Å². The van der Waals surface area contributed by atoms with E-state index in [1.54, 1.807) is 0 Å². The lowest BCUT2D eigenvalue weighted by atomic mass is 9.89. The lowest BCUT2D eigenvalue weighted by Gasteiger charge is -2.20. The molecule has 4 heteroatoms. The van der Waals surface area contributed by atoms with Crippen molar-refractivity contribution in [1.82, 2.24) is 14.9 Å². The highest BCUT2D eigenvalue weighted by atomic mass is 16.3. The molecule has 4 nitrogen and oxygen atoms in total. The van der Waals surface area contributed by atoms with E-state index < -0.39 is 0 Å². The SMILES string of the molecule is OCc1ccc(CC2CCN(Cc3cnc(C4CCCCC4)nc3)C2)cc1. The monoisotopic (exact) mass is 365 g/mol. The van der Waals surface area contributed by atoms with Crippen LogP contribution >= 0.6 is 0 Å². The summed E-state index contributed by atoms with van der Waals surface area (Å²) in [5.74, 6) is 2.36. The second-order valence-electron chi connectivity index (χ2n) is 8.35. The summed E-state index contributed by atoms with van der Waals surface area (Å²) in [7, 11) is 0. The van der Waals surface area contributed by atoms with E-state index in [0.29, 0.717) is 11.8 Å². The first-order chi connectivity index (χ1) is 13.3. The van der Waals surface area contributed by atoms with E-state index in [2.05, 4.69) is 39.4 Å². The molecule has 2 heterocycles. The maximum atomic E-state index is 9.16. The van der Waals surface area contributed by atoms with Crippen molar-refractivity contribution in [3.63, 3.8) is 0 Å². The van der Waals surface area contributed by atoms with Crippen LogP contribution in [0.25, 0.3) is 0 Å². The fourth-order valence-corrected chi connectivity index (χ4v) is 4.61. The Kier molecular flexibility index (Phi) is 6.15. The van der Waals surface area contributed by atoms with E-state index in [1.165, 1.54) is 49.7 Å². The molecule has 0 bridgehead atoms. The van der Waals surface area contributed by atoms with E-state index in [1.807, 2.05) is 12.1 Å². The lowest BCUT2D eigenvalue weighted by Crippen LogP contribution is -2.21. The van der Waals surface area contributed by atoms with Crippen molar-refractivity contribution in [2.24, 2.45) is 5.92 Å². The van der Waals surface area contributed by atoms with Crippen molar-refractivity contribution in [3.8, 4) is 0 Å². The highest BCUT2D eigenvalue weighted by molar-refractivity contribution is 5.22. The molecule has 27 heavy (non-hydrogen) atoms. The van der Waals surface area contributed by atoms with Gasteiger partial charge >= 0.3 is 0 Å². The molecular formula is C23H31N3O. The molecule has 1 atom stereocenters. The Labute approximate surface area is 162 Å². The molecule has 1 aliphatic heterocycles. The first-order valence-electron chi connectivity index (χ1n) is 10.5. The molecule has 1 saturated carbocycles. The van der Waals surface area contributed by atoms with Crippen molar-refractivity contribution in [1.29, 1.82) is 0 Å². The number of aliphatic hydroxyl groups excluding tert-OH is 1. The van der Waals surface area contributed by atoms with Crippen LogP contribution in [-0.4, -0.2) is 33.1 Å². The van der Waals surface area contributed by atoms with Gasteiger partial charge in [0.05, 0.1) is 6.61 Å². The maximum Gasteiger partial charge on any atom is 0.131 e. The smallest absolute Gasteiger partial charge is 0.131 e. The Hall–Kier alpha value is -1.78. The Morgan fingerprint density at radius 3 is 2.30 bits per heavy atom. The fraction of sp³-hybridized carbons (Fsp3) is 0.565. The van der Waals surface area contributed by atoms with E-state index in [-0.39, 0.29) is 6.61 Å². The average molecular weight is 366 g/mol. The van der Waals surface area contributed by atoms with Crippen LogP contribution in [0.4, 0.5) is 0 Å². The molecule has 1 aromatic heterocycles. The number of hydrogen-bond donors (Lipinski definition) is 1. The zero-order valence-electron chi connectivity index (χ0n) is 16.2. The molecule has 2 fully saturated rings. The first kappa shape index (κ1) is 18.6. The van der Waals surface area contributed by atoms with Gasteiger partial charge in [-0.3, -0.25) is 4.90 Å². The van der Waals surface area contributed by atoms with Gasteiger partial charge in [0.1, 0.15) is 5.82 Å². The van der Waals surface area contributed by atoms with Gasteiger partial charge in [0.2, 0.25) is 0 Å². The molecule has 1 aliphatic carbocycles. The Morgan fingerprint density at radius 2 is 1.59 bits per heavy atom. The quantitative estimate of drug-likeness (QED) is 0.838. The van der Waals surface area contributed by atoms with Crippen molar-refractivity contribution in [3.05, 3.63) is 59.2 Å². The van der Waals surface area contributed by atoms with Gasteiger partial charge in [0.25, 0.3) is 0 Å². The number of nitrogens with zero attached hydrogens (tertiary/aromatic N) is 3. The van der Waals surface area contributed by atoms with Crippen molar-refractivity contribution in [2.45, 2.75) is 64.0 Å². The number of likely N-dealkylation sites (tertiary alicyclic amines) is 1. The predicted molar refractivity (Wildman–Crippen MR) is 107 cm³/mol. The van der Waals surface area contributed by atoms with Crippen LogP contribution < -0.4 is 0 Å². The second-order valence-corrected chi connectivity index (χ2v) is 8.35. The molecule has 2 aromatic rings. The standard InChI is InChI=1S/C23H31N3O/c27-17-19-8-6-18(7-9-19)12-20-10-11-26(15-20)16-21-13-24-23(25-14-21)22-4-2-1-3-5-22/h6-9,13-14,20,22,27H,1-5,10-12,15-17H2. The van der Waals surface area contributed by atoms with Crippen LogP contribution in [0.1, 0.15) is 67.0 Å². The summed E-state index contributed by atoms with van der Waals surface area (Å²) < 4.78 is 0. The molecule has 0 amide bonds. The van der Waals surface area contributed by atoms with Gasteiger partial charge in [-0.15, -0.1) is 0 Å². The van der Waals surface area contributed by atoms with Crippen LogP contribution in [-0.2, 0) is 19.6 Å². The zero-order chi connectivity index (χ0) is 18.5. The van der Waals surface area contributed by atoms with Crippen molar-refractivity contribution in [2.75, 3.05) is 13.1 Å². The minimum Gasteiger partial charge on any atom is -0.392 e.